The van der Waals surface area contributed by atoms with Crippen LogP contribution in [0.2, 0.25) is 5.82 Å². The molecule has 0 bridgehead atoms. The van der Waals surface area contributed by atoms with Crippen molar-refractivity contribution in [1.82, 2.24) is 0 Å². The van der Waals surface area contributed by atoms with Gasteiger partial charge in [0.1, 0.15) is 0 Å². The van der Waals surface area contributed by atoms with Gasteiger partial charge in [0.25, 0.3) is 0 Å². The van der Waals surface area contributed by atoms with Crippen LogP contribution in [-0.2, 0) is 0 Å². The summed E-state index contributed by atoms with van der Waals surface area (Å²) in [5.74, 6) is 1.30. The lowest BCUT2D eigenvalue weighted by molar-refractivity contribution is 0.236. The molecule has 0 aromatic heterocycles. The summed E-state index contributed by atoms with van der Waals surface area (Å²) >= 11 is 0. The largest absolute Gasteiger partial charge is 0.0766 e. The maximum Gasteiger partial charge on any atom is 0.0699 e. The van der Waals surface area contributed by atoms with Crippen molar-refractivity contribution in [2.45, 2.75) is 45.9 Å². The third-order valence-corrected chi connectivity index (χ3v) is 3.38. The molecule has 0 aromatic carbocycles. The van der Waals surface area contributed by atoms with E-state index in [1.54, 1.807) is 0 Å². The summed E-state index contributed by atoms with van der Waals surface area (Å²) in [7, 11) is 5.88. The maximum absolute atomic E-state index is 5.88. The molecule has 0 aromatic rings. The SMILES string of the molecule is [B][C@H]1C[C@@H](C)[C@@](C)(CC)C1. The zero-order valence-electron chi connectivity index (χ0n) is 7.35. The molecule has 0 aliphatic heterocycles. The van der Waals surface area contributed by atoms with Crippen LogP contribution in [0, 0.1) is 11.3 Å². The molecule has 0 heterocycles. The van der Waals surface area contributed by atoms with Crippen molar-refractivity contribution in [3.8, 4) is 0 Å². The quantitative estimate of drug-likeness (QED) is 0.486. The molecule has 10 heavy (non-hydrogen) atoms. The third kappa shape index (κ3) is 1.23. The molecule has 0 saturated heterocycles. The van der Waals surface area contributed by atoms with Gasteiger partial charge >= 0.3 is 0 Å². The van der Waals surface area contributed by atoms with Gasteiger partial charge in [0.05, 0.1) is 7.85 Å². The summed E-state index contributed by atoms with van der Waals surface area (Å²) in [4.78, 5) is 0. The Bertz CT molecular complexity index is 122. The van der Waals surface area contributed by atoms with Crippen LogP contribution in [-0.4, -0.2) is 7.85 Å². The molecular weight excluding hydrogens is 119 g/mol. The maximum atomic E-state index is 5.88. The van der Waals surface area contributed by atoms with Gasteiger partial charge < -0.3 is 0 Å². The Balaban J connectivity index is 2.61. The number of hydrogen-bond donors (Lipinski definition) is 0. The Morgan fingerprint density at radius 1 is 1.60 bits per heavy atom. The molecule has 1 aliphatic carbocycles. The summed E-state index contributed by atoms with van der Waals surface area (Å²) in [5.41, 5.74) is 0.541. The highest BCUT2D eigenvalue weighted by Gasteiger charge is 2.37. The van der Waals surface area contributed by atoms with E-state index in [9.17, 15) is 0 Å². The van der Waals surface area contributed by atoms with E-state index in [1.165, 1.54) is 19.3 Å². The lowest BCUT2D eigenvalue weighted by Crippen LogP contribution is -2.17. The van der Waals surface area contributed by atoms with Gasteiger partial charge in [0.15, 0.2) is 0 Å². The standard InChI is InChI=1S/C9H17B/c1-4-9(3)6-8(10)5-7(9)2/h7-8H,4-6H2,1-3H3/t7-,8+,9+/m1/s1. The van der Waals surface area contributed by atoms with Gasteiger partial charge in [-0.3, -0.25) is 0 Å². The molecule has 1 rings (SSSR count). The molecule has 1 heteroatoms. The van der Waals surface area contributed by atoms with Gasteiger partial charge in [-0.05, 0) is 11.3 Å². The molecule has 1 saturated carbocycles. The van der Waals surface area contributed by atoms with Gasteiger partial charge in [-0.15, -0.1) is 0 Å². The van der Waals surface area contributed by atoms with Crippen molar-refractivity contribution in [2.24, 2.45) is 11.3 Å². The van der Waals surface area contributed by atoms with Gasteiger partial charge in [-0.25, -0.2) is 0 Å². The highest BCUT2D eigenvalue weighted by atomic mass is 14.4. The fraction of sp³-hybridized carbons (Fsp3) is 1.00. The van der Waals surface area contributed by atoms with Crippen LogP contribution in [0.15, 0.2) is 0 Å². The fourth-order valence-corrected chi connectivity index (χ4v) is 2.11. The van der Waals surface area contributed by atoms with E-state index >= 15 is 0 Å². The molecule has 0 amide bonds. The Kier molecular flexibility index (Phi) is 2.12. The minimum absolute atomic E-state index is 0.472. The summed E-state index contributed by atoms with van der Waals surface area (Å²) in [5, 5.41) is 0. The Hall–Kier alpha value is 0.0649. The summed E-state index contributed by atoms with van der Waals surface area (Å²) in [6.07, 6.45) is 3.73. The number of rotatable bonds is 1. The normalized spacial score (nSPS) is 47.9. The van der Waals surface area contributed by atoms with E-state index in [0.717, 1.165) is 5.92 Å². The van der Waals surface area contributed by atoms with Crippen LogP contribution in [0.25, 0.3) is 0 Å². The van der Waals surface area contributed by atoms with Crippen molar-refractivity contribution in [1.29, 1.82) is 0 Å². The zero-order valence-corrected chi connectivity index (χ0v) is 7.35. The number of hydrogen-bond acceptors (Lipinski definition) is 0. The van der Waals surface area contributed by atoms with E-state index in [-0.39, 0.29) is 0 Å². The first-order valence-corrected chi connectivity index (χ1v) is 4.34. The zero-order chi connectivity index (χ0) is 7.78. The monoisotopic (exact) mass is 136 g/mol. The van der Waals surface area contributed by atoms with E-state index in [1.807, 2.05) is 0 Å². The highest BCUT2D eigenvalue weighted by Crippen LogP contribution is 2.49. The van der Waals surface area contributed by atoms with Crippen molar-refractivity contribution in [2.75, 3.05) is 0 Å². The minimum Gasteiger partial charge on any atom is -0.0766 e. The van der Waals surface area contributed by atoms with Crippen LogP contribution >= 0.6 is 0 Å². The highest BCUT2D eigenvalue weighted by molar-refractivity contribution is 6.11. The molecule has 3 atom stereocenters. The molecular formula is C9H17B. The lowest BCUT2D eigenvalue weighted by Gasteiger charge is -2.27. The average Bonchev–Trinajstić information content (AvgIpc) is 2.09. The van der Waals surface area contributed by atoms with Crippen molar-refractivity contribution < 1.29 is 0 Å². The van der Waals surface area contributed by atoms with Crippen molar-refractivity contribution >= 4 is 7.85 Å². The van der Waals surface area contributed by atoms with E-state index in [4.69, 9.17) is 7.85 Å². The molecule has 0 N–H and O–H groups in total. The van der Waals surface area contributed by atoms with Crippen LogP contribution < -0.4 is 0 Å². The van der Waals surface area contributed by atoms with E-state index in [0.29, 0.717) is 11.2 Å². The first-order valence-electron chi connectivity index (χ1n) is 4.34. The molecule has 0 unspecified atom stereocenters. The molecule has 0 spiro atoms. The van der Waals surface area contributed by atoms with Gasteiger partial charge in [-0.2, -0.15) is 0 Å². The molecule has 0 nitrogen and oxygen atoms in total. The predicted octanol–water partition coefficient (Wildman–Crippen LogP) is 2.79. The van der Waals surface area contributed by atoms with Crippen LogP contribution in [0.5, 0.6) is 0 Å². The topological polar surface area (TPSA) is 0 Å². The summed E-state index contributed by atoms with van der Waals surface area (Å²) in [6, 6.07) is 0. The van der Waals surface area contributed by atoms with Crippen LogP contribution in [0.1, 0.15) is 40.0 Å². The molecule has 1 aliphatic rings. The van der Waals surface area contributed by atoms with Crippen LogP contribution in [0.3, 0.4) is 0 Å². The second kappa shape index (κ2) is 2.60. The summed E-state index contributed by atoms with van der Waals surface area (Å²) in [6.45, 7) is 6.97. The molecule has 1 fully saturated rings. The molecule has 56 valence electrons. The second-order valence-corrected chi connectivity index (χ2v) is 4.11. The Labute approximate surface area is 65.8 Å². The first kappa shape index (κ1) is 8.16. The van der Waals surface area contributed by atoms with Crippen LogP contribution in [0.4, 0.5) is 0 Å². The Morgan fingerprint density at radius 3 is 2.40 bits per heavy atom. The summed E-state index contributed by atoms with van der Waals surface area (Å²) < 4.78 is 0. The van der Waals surface area contributed by atoms with Gasteiger partial charge in [-0.1, -0.05) is 45.9 Å². The van der Waals surface area contributed by atoms with Crippen molar-refractivity contribution in [3.05, 3.63) is 0 Å². The van der Waals surface area contributed by atoms with Gasteiger partial charge in [0, 0.05) is 0 Å². The fourth-order valence-electron chi connectivity index (χ4n) is 2.11. The smallest absolute Gasteiger partial charge is 0.0699 e. The Morgan fingerprint density at radius 2 is 2.20 bits per heavy atom. The van der Waals surface area contributed by atoms with E-state index < -0.39 is 0 Å². The van der Waals surface area contributed by atoms with Crippen molar-refractivity contribution in [3.63, 3.8) is 0 Å². The third-order valence-electron chi connectivity index (χ3n) is 3.38. The molecule has 2 radical (unpaired) electrons. The first-order chi connectivity index (χ1) is 4.58. The minimum atomic E-state index is 0.472. The van der Waals surface area contributed by atoms with Gasteiger partial charge in [0.2, 0.25) is 0 Å². The second-order valence-electron chi connectivity index (χ2n) is 4.11. The average molecular weight is 136 g/mol. The van der Waals surface area contributed by atoms with E-state index in [2.05, 4.69) is 20.8 Å². The predicted molar refractivity (Wildman–Crippen MR) is 46.3 cm³/mol. The lowest BCUT2D eigenvalue weighted by atomic mass is 9.77.